The number of nitrogens with one attached hydrogen (secondary N) is 3. The van der Waals surface area contributed by atoms with E-state index in [0.717, 1.165) is 16.5 Å². The van der Waals surface area contributed by atoms with Crippen LogP contribution in [0, 0.1) is 0 Å². The van der Waals surface area contributed by atoms with E-state index in [0.29, 0.717) is 16.5 Å². The maximum atomic E-state index is 11.5. The first-order chi connectivity index (χ1) is 9.06. The number of carbonyl (C=O) groups excluding carboxylic acids is 2. The fourth-order valence-corrected chi connectivity index (χ4v) is 2.56. The highest BCUT2D eigenvalue weighted by molar-refractivity contribution is 6.45. The van der Waals surface area contributed by atoms with Crippen LogP contribution in [0.2, 0.25) is 10.0 Å². The molecule has 0 aliphatic carbocycles. The molecular weight excluding hydrogens is 289 g/mol. The van der Waals surface area contributed by atoms with Gasteiger partial charge in [-0.1, -0.05) is 29.3 Å². The van der Waals surface area contributed by atoms with Crippen LogP contribution in [0.5, 0.6) is 0 Å². The van der Waals surface area contributed by atoms with Crippen molar-refractivity contribution in [1.82, 2.24) is 15.6 Å². The Kier molecular flexibility index (Phi) is 2.88. The molecule has 19 heavy (non-hydrogen) atoms. The van der Waals surface area contributed by atoms with Gasteiger partial charge in [0, 0.05) is 18.0 Å². The number of aromatic nitrogens is 1. The van der Waals surface area contributed by atoms with Crippen molar-refractivity contribution in [3.05, 3.63) is 33.9 Å². The first-order valence-corrected chi connectivity index (χ1v) is 6.37. The number of fused-ring (bicyclic) bond motifs is 1. The topological polar surface area (TPSA) is 74.0 Å². The van der Waals surface area contributed by atoms with E-state index in [1.807, 2.05) is 6.07 Å². The van der Waals surface area contributed by atoms with Gasteiger partial charge in [-0.2, -0.15) is 0 Å². The minimum atomic E-state index is -0.555. The largest absolute Gasteiger partial charge is 0.360 e. The van der Waals surface area contributed by atoms with Gasteiger partial charge >= 0.3 is 6.03 Å². The number of hydrogen-bond acceptors (Lipinski definition) is 2. The highest BCUT2D eigenvalue weighted by atomic mass is 35.5. The highest BCUT2D eigenvalue weighted by Gasteiger charge is 2.30. The lowest BCUT2D eigenvalue weighted by molar-refractivity contribution is -0.120. The van der Waals surface area contributed by atoms with Gasteiger partial charge in [-0.25, -0.2) is 4.79 Å². The van der Waals surface area contributed by atoms with Crippen molar-refractivity contribution in [2.24, 2.45) is 0 Å². The highest BCUT2D eigenvalue weighted by Crippen LogP contribution is 2.32. The second kappa shape index (κ2) is 4.43. The molecule has 0 bridgehead atoms. The van der Waals surface area contributed by atoms with Gasteiger partial charge in [-0.05, 0) is 11.6 Å². The van der Waals surface area contributed by atoms with Gasteiger partial charge in [0.1, 0.15) is 6.04 Å². The van der Waals surface area contributed by atoms with Crippen molar-refractivity contribution in [3.8, 4) is 0 Å². The number of aromatic amines is 1. The van der Waals surface area contributed by atoms with E-state index >= 15 is 0 Å². The summed E-state index contributed by atoms with van der Waals surface area (Å²) in [6.45, 7) is 0. The molecular formula is C12H9Cl2N3O2. The van der Waals surface area contributed by atoms with E-state index in [1.165, 1.54) is 0 Å². The molecule has 3 N–H and O–H groups in total. The third-order valence-corrected chi connectivity index (χ3v) is 3.92. The quantitative estimate of drug-likeness (QED) is 0.744. The van der Waals surface area contributed by atoms with Crippen LogP contribution in [0.4, 0.5) is 4.79 Å². The Morgan fingerprint density at radius 3 is 2.68 bits per heavy atom. The number of carbonyl (C=O) groups is 2. The molecule has 1 aliphatic heterocycles. The predicted molar refractivity (Wildman–Crippen MR) is 72.5 cm³/mol. The number of urea groups is 1. The van der Waals surface area contributed by atoms with Crippen LogP contribution in [-0.4, -0.2) is 23.0 Å². The molecule has 1 aromatic carbocycles. The SMILES string of the molecule is O=C1NC(=O)[C@@H](Cc2c[nH]c3c(Cl)c(Cl)ccc23)N1. The van der Waals surface area contributed by atoms with Gasteiger partial charge in [0.2, 0.25) is 0 Å². The zero-order valence-corrected chi connectivity index (χ0v) is 11.1. The molecule has 1 aromatic heterocycles. The Labute approximate surface area is 118 Å². The standard InChI is InChI=1S/C12H9Cl2N3O2/c13-7-2-1-6-5(4-15-10(6)9(7)14)3-8-11(18)17-12(19)16-8/h1-2,4,8,15H,3H2,(H2,16,17,18,19)/t8-/m1/s1. The second-order valence-electron chi connectivity index (χ2n) is 4.32. The van der Waals surface area contributed by atoms with E-state index < -0.39 is 12.1 Å². The summed E-state index contributed by atoms with van der Waals surface area (Å²) in [5.74, 6) is -0.320. The molecule has 0 saturated carbocycles. The third kappa shape index (κ3) is 2.05. The van der Waals surface area contributed by atoms with E-state index in [-0.39, 0.29) is 5.91 Å². The van der Waals surface area contributed by atoms with Crippen LogP contribution >= 0.6 is 23.2 Å². The molecule has 3 amide bonds. The number of amides is 3. The van der Waals surface area contributed by atoms with Gasteiger partial charge < -0.3 is 10.3 Å². The van der Waals surface area contributed by atoms with Crippen molar-refractivity contribution >= 4 is 46.0 Å². The van der Waals surface area contributed by atoms with Crippen molar-refractivity contribution in [2.75, 3.05) is 0 Å². The molecule has 2 heterocycles. The monoisotopic (exact) mass is 297 g/mol. The maximum absolute atomic E-state index is 11.5. The van der Waals surface area contributed by atoms with Crippen LogP contribution in [-0.2, 0) is 11.2 Å². The van der Waals surface area contributed by atoms with E-state index in [4.69, 9.17) is 23.2 Å². The molecule has 1 aliphatic rings. The van der Waals surface area contributed by atoms with Crippen LogP contribution in [0.25, 0.3) is 10.9 Å². The zero-order chi connectivity index (χ0) is 13.6. The Morgan fingerprint density at radius 1 is 1.21 bits per heavy atom. The first kappa shape index (κ1) is 12.3. The van der Waals surface area contributed by atoms with Crippen LogP contribution in [0.3, 0.4) is 0 Å². The summed E-state index contributed by atoms with van der Waals surface area (Å²) in [6.07, 6.45) is 2.17. The number of benzene rings is 1. The van der Waals surface area contributed by atoms with Crippen molar-refractivity contribution in [1.29, 1.82) is 0 Å². The average molecular weight is 298 g/mol. The number of hydrogen-bond donors (Lipinski definition) is 3. The molecule has 0 radical (unpaired) electrons. The van der Waals surface area contributed by atoms with Crippen molar-refractivity contribution < 1.29 is 9.59 Å². The molecule has 98 valence electrons. The molecule has 0 unspecified atom stereocenters. The van der Waals surface area contributed by atoms with Crippen molar-refractivity contribution in [3.63, 3.8) is 0 Å². The van der Waals surface area contributed by atoms with E-state index in [2.05, 4.69) is 15.6 Å². The van der Waals surface area contributed by atoms with E-state index in [1.54, 1.807) is 12.3 Å². The Balaban J connectivity index is 1.96. The summed E-state index contributed by atoms with van der Waals surface area (Å²) in [5.41, 5.74) is 1.63. The number of rotatable bonds is 2. The zero-order valence-electron chi connectivity index (χ0n) is 9.59. The number of H-pyrrole nitrogens is 1. The average Bonchev–Trinajstić information content (AvgIpc) is 2.90. The lowest BCUT2D eigenvalue weighted by Gasteiger charge is -2.06. The lowest BCUT2D eigenvalue weighted by atomic mass is 10.1. The summed E-state index contributed by atoms with van der Waals surface area (Å²) in [4.78, 5) is 25.6. The molecule has 2 aromatic rings. The summed E-state index contributed by atoms with van der Waals surface area (Å²) >= 11 is 12.0. The van der Waals surface area contributed by atoms with Crippen LogP contribution in [0.1, 0.15) is 5.56 Å². The van der Waals surface area contributed by atoms with Gasteiger partial charge in [0.05, 0.1) is 15.6 Å². The minimum Gasteiger partial charge on any atom is -0.360 e. The fraction of sp³-hybridized carbons (Fsp3) is 0.167. The molecule has 0 spiro atoms. The number of imide groups is 1. The Morgan fingerprint density at radius 2 is 2.00 bits per heavy atom. The van der Waals surface area contributed by atoms with Crippen molar-refractivity contribution in [2.45, 2.75) is 12.5 Å². The number of halogens is 2. The molecule has 1 atom stereocenters. The second-order valence-corrected chi connectivity index (χ2v) is 5.10. The minimum absolute atomic E-state index is 0.320. The summed E-state index contributed by atoms with van der Waals surface area (Å²) in [7, 11) is 0. The normalized spacial score (nSPS) is 18.7. The third-order valence-electron chi connectivity index (χ3n) is 3.11. The lowest BCUT2D eigenvalue weighted by Crippen LogP contribution is -2.30. The van der Waals surface area contributed by atoms with Gasteiger partial charge in [-0.3, -0.25) is 10.1 Å². The molecule has 1 saturated heterocycles. The summed E-state index contributed by atoms with van der Waals surface area (Å²) in [5, 5.41) is 6.57. The predicted octanol–water partition coefficient (Wildman–Crippen LogP) is 2.23. The Bertz CT molecular complexity index is 696. The van der Waals surface area contributed by atoms with Gasteiger partial charge in [0.15, 0.2) is 0 Å². The van der Waals surface area contributed by atoms with E-state index in [9.17, 15) is 9.59 Å². The molecule has 7 heteroatoms. The maximum Gasteiger partial charge on any atom is 0.322 e. The summed E-state index contributed by atoms with van der Waals surface area (Å²) < 4.78 is 0. The van der Waals surface area contributed by atoms with Crippen LogP contribution in [0.15, 0.2) is 18.3 Å². The fourth-order valence-electron chi connectivity index (χ4n) is 2.19. The molecule has 3 rings (SSSR count). The molecule has 1 fully saturated rings. The smallest absolute Gasteiger partial charge is 0.322 e. The van der Waals surface area contributed by atoms with Gasteiger partial charge in [0.25, 0.3) is 5.91 Å². The van der Waals surface area contributed by atoms with Crippen LogP contribution < -0.4 is 10.6 Å². The van der Waals surface area contributed by atoms with Gasteiger partial charge in [-0.15, -0.1) is 0 Å². The first-order valence-electron chi connectivity index (χ1n) is 5.61. The Hall–Kier alpha value is -1.72. The molecule has 5 nitrogen and oxygen atoms in total. The summed E-state index contributed by atoms with van der Waals surface area (Å²) in [6, 6.07) is 2.53.